The van der Waals surface area contributed by atoms with E-state index in [0.717, 1.165) is 17.6 Å². The molecule has 0 bridgehead atoms. The van der Waals surface area contributed by atoms with Crippen molar-refractivity contribution in [2.45, 2.75) is 48.0 Å². The number of allylic oxidation sites excluding steroid dienone is 4. The first kappa shape index (κ1) is 11.2. The van der Waals surface area contributed by atoms with Crippen LogP contribution < -0.4 is 0 Å². The molecule has 0 aromatic heterocycles. The van der Waals surface area contributed by atoms with Gasteiger partial charge in [-0.15, -0.1) is 0 Å². The van der Waals surface area contributed by atoms with Crippen LogP contribution in [0.4, 0.5) is 0 Å². The zero-order valence-corrected chi connectivity index (χ0v) is 10.1. The molecule has 0 amide bonds. The highest BCUT2D eigenvalue weighted by atomic mass is 16.1. The van der Waals surface area contributed by atoms with Gasteiger partial charge in [-0.1, -0.05) is 25.0 Å². The van der Waals surface area contributed by atoms with E-state index in [0.29, 0.717) is 0 Å². The van der Waals surface area contributed by atoms with E-state index in [1.807, 2.05) is 13.8 Å². The van der Waals surface area contributed by atoms with Gasteiger partial charge < -0.3 is 0 Å². The first-order chi connectivity index (χ1) is 6.36. The average Bonchev–Trinajstić information content (AvgIpc) is 2.21. The van der Waals surface area contributed by atoms with Gasteiger partial charge in [-0.3, -0.25) is 4.79 Å². The van der Waals surface area contributed by atoms with Gasteiger partial charge in [0.2, 0.25) is 0 Å². The molecular formula is C13H20O. The monoisotopic (exact) mass is 192 g/mol. The van der Waals surface area contributed by atoms with E-state index in [-0.39, 0.29) is 11.2 Å². The lowest BCUT2D eigenvalue weighted by Gasteiger charge is -2.37. The molecule has 0 atom stereocenters. The number of Topliss-reactive ketones (excluding diaryl/α,β-unsaturated/α-hetero) is 1. The highest BCUT2D eigenvalue weighted by Gasteiger charge is 2.35. The number of hydrogen-bond acceptors (Lipinski definition) is 1. The number of hydrogen-bond donors (Lipinski definition) is 0. The van der Waals surface area contributed by atoms with Crippen molar-refractivity contribution >= 4 is 5.78 Å². The van der Waals surface area contributed by atoms with Gasteiger partial charge in [0.1, 0.15) is 0 Å². The Hall–Kier alpha value is -0.850. The Balaban J connectivity index is 3.41. The highest BCUT2D eigenvalue weighted by molar-refractivity contribution is 6.09. The molecule has 0 unspecified atom stereocenters. The molecule has 0 radical (unpaired) electrons. The van der Waals surface area contributed by atoms with Gasteiger partial charge in [0, 0.05) is 5.41 Å². The minimum absolute atomic E-state index is 0.0993. The normalized spacial score (nSPS) is 22.0. The molecule has 0 spiro atoms. The third kappa shape index (κ3) is 1.26. The van der Waals surface area contributed by atoms with Crippen molar-refractivity contribution in [3.63, 3.8) is 0 Å². The summed E-state index contributed by atoms with van der Waals surface area (Å²) in [6, 6.07) is 0. The van der Waals surface area contributed by atoms with Crippen molar-refractivity contribution < 1.29 is 4.79 Å². The molecular weight excluding hydrogens is 172 g/mol. The van der Waals surface area contributed by atoms with Crippen LogP contribution >= 0.6 is 0 Å². The van der Waals surface area contributed by atoms with E-state index in [2.05, 4.69) is 27.7 Å². The van der Waals surface area contributed by atoms with E-state index < -0.39 is 0 Å². The van der Waals surface area contributed by atoms with Gasteiger partial charge in [0.15, 0.2) is 5.78 Å². The molecule has 0 saturated carbocycles. The van der Waals surface area contributed by atoms with Crippen LogP contribution in [0.3, 0.4) is 0 Å². The summed E-state index contributed by atoms with van der Waals surface area (Å²) in [5.41, 5.74) is 4.47. The largest absolute Gasteiger partial charge is 0.289 e. The number of ketones is 1. The van der Waals surface area contributed by atoms with Crippen LogP contribution in [0.2, 0.25) is 0 Å². The fraction of sp³-hybridized carbons (Fsp3) is 0.615. The van der Waals surface area contributed by atoms with Crippen molar-refractivity contribution in [1.82, 2.24) is 0 Å². The summed E-state index contributed by atoms with van der Waals surface area (Å²) in [4.78, 5) is 11.8. The Labute approximate surface area is 86.9 Å². The number of rotatable bonds is 1. The second-order valence-corrected chi connectivity index (χ2v) is 4.51. The average molecular weight is 192 g/mol. The maximum Gasteiger partial charge on any atom is 0.184 e. The molecule has 0 heterocycles. The molecule has 0 aliphatic heterocycles. The quantitative estimate of drug-likeness (QED) is 0.619. The lowest BCUT2D eigenvalue weighted by Crippen LogP contribution is -2.28. The summed E-state index contributed by atoms with van der Waals surface area (Å²) in [5, 5.41) is 0. The summed E-state index contributed by atoms with van der Waals surface area (Å²) in [6.07, 6.45) is 1.06. The van der Waals surface area contributed by atoms with E-state index in [1.54, 1.807) is 0 Å². The van der Waals surface area contributed by atoms with Crippen LogP contribution in [-0.2, 0) is 4.79 Å². The molecule has 1 rings (SSSR count). The Kier molecular flexibility index (Phi) is 2.71. The van der Waals surface area contributed by atoms with Gasteiger partial charge in [0.25, 0.3) is 0 Å². The van der Waals surface area contributed by atoms with Crippen molar-refractivity contribution in [2.75, 3.05) is 0 Å². The van der Waals surface area contributed by atoms with Gasteiger partial charge in [-0.05, 0) is 45.3 Å². The van der Waals surface area contributed by atoms with E-state index in [9.17, 15) is 4.79 Å². The molecule has 0 aromatic rings. The lowest BCUT2D eigenvalue weighted by atomic mass is 9.67. The molecule has 1 heteroatoms. The van der Waals surface area contributed by atoms with Gasteiger partial charge in [-0.25, -0.2) is 0 Å². The molecule has 0 N–H and O–H groups in total. The van der Waals surface area contributed by atoms with Crippen LogP contribution in [0.15, 0.2) is 22.3 Å². The molecule has 0 saturated heterocycles. The number of carbonyl (C=O) groups excluding carboxylic acids is 1. The zero-order valence-electron chi connectivity index (χ0n) is 10.1. The minimum Gasteiger partial charge on any atom is -0.289 e. The summed E-state index contributed by atoms with van der Waals surface area (Å²) >= 11 is 0. The predicted octanol–water partition coefficient (Wildman–Crippen LogP) is 3.66. The second kappa shape index (κ2) is 3.38. The van der Waals surface area contributed by atoms with Crippen LogP contribution in [0.25, 0.3) is 0 Å². The Bertz CT molecular complexity index is 314. The Morgan fingerprint density at radius 1 is 1.00 bits per heavy atom. The predicted molar refractivity (Wildman–Crippen MR) is 60.2 cm³/mol. The van der Waals surface area contributed by atoms with Crippen molar-refractivity contribution in [3.05, 3.63) is 22.3 Å². The summed E-state index contributed by atoms with van der Waals surface area (Å²) in [5.74, 6) is 0.228. The van der Waals surface area contributed by atoms with Crippen LogP contribution in [0, 0.1) is 5.41 Å². The first-order valence-electron chi connectivity index (χ1n) is 5.26. The smallest absolute Gasteiger partial charge is 0.184 e. The summed E-state index contributed by atoms with van der Waals surface area (Å²) in [7, 11) is 0. The topological polar surface area (TPSA) is 17.1 Å². The van der Waals surface area contributed by atoms with Gasteiger partial charge >= 0.3 is 0 Å². The lowest BCUT2D eigenvalue weighted by molar-refractivity contribution is -0.112. The molecule has 1 aliphatic rings. The van der Waals surface area contributed by atoms with Crippen molar-refractivity contribution in [2.24, 2.45) is 5.41 Å². The Morgan fingerprint density at radius 3 is 1.64 bits per heavy atom. The first-order valence-corrected chi connectivity index (χ1v) is 5.26. The van der Waals surface area contributed by atoms with E-state index in [4.69, 9.17) is 0 Å². The fourth-order valence-corrected chi connectivity index (χ4v) is 2.26. The third-order valence-electron chi connectivity index (χ3n) is 4.17. The highest BCUT2D eigenvalue weighted by Crippen LogP contribution is 2.44. The SMILES string of the molecule is CCC1(C)C(C)=C(C)C(=O)C(C)=C1C. The summed E-state index contributed by atoms with van der Waals surface area (Å²) < 4.78 is 0. The minimum atomic E-state index is 0.0993. The molecule has 0 fully saturated rings. The third-order valence-corrected chi connectivity index (χ3v) is 4.17. The molecule has 78 valence electrons. The van der Waals surface area contributed by atoms with Crippen molar-refractivity contribution in [3.8, 4) is 0 Å². The van der Waals surface area contributed by atoms with Crippen molar-refractivity contribution in [1.29, 1.82) is 0 Å². The van der Waals surface area contributed by atoms with Gasteiger partial charge in [0.05, 0.1) is 0 Å². The maximum atomic E-state index is 11.8. The van der Waals surface area contributed by atoms with E-state index in [1.165, 1.54) is 11.1 Å². The standard InChI is InChI=1S/C13H20O/c1-7-13(6)10(4)8(2)12(14)9(3)11(13)5/h7H2,1-6H3. The molecule has 0 aromatic carbocycles. The second-order valence-electron chi connectivity index (χ2n) is 4.51. The molecule has 1 aliphatic carbocycles. The molecule has 14 heavy (non-hydrogen) atoms. The van der Waals surface area contributed by atoms with E-state index >= 15 is 0 Å². The maximum absolute atomic E-state index is 11.8. The number of carbonyl (C=O) groups is 1. The molecule has 1 nitrogen and oxygen atoms in total. The van der Waals surface area contributed by atoms with Gasteiger partial charge in [-0.2, -0.15) is 0 Å². The van der Waals surface area contributed by atoms with Crippen LogP contribution in [-0.4, -0.2) is 5.78 Å². The van der Waals surface area contributed by atoms with Crippen LogP contribution in [0.5, 0.6) is 0 Å². The fourth-order valence-electron chi connectivity index (χ4n) is 2.26. The zero-order chi connectivity index (χ0) is 11.1. The Morgan fingerprint density at radius 2 is 1.36 bits per heavy atom. The van der Waals surface area contributed by atoms with Crippen LogP contribution in [0.1, 0.15) is 48.0 Å². The summed E-state index contributed by atoms with van der Waals surface area (Å²) in [6.45, 7) is 12.5.